The summed E-state index contributed by atoms with van der Waals surface area (Å²) in [4.78, 5) is -0.118. The molecule has 0 unspecified atom stereocenters. The lowest BCUT2D eigenvalue weighted by Crippen LogP contribution is -2.32. The van der Waals surface area contributed by atoms with E-state index in [1.165, 1.54) is 24.3 Å². The van der Waals surface area contributed by atoms with Gasteiger partial charge in [-0.1, -0.05) is 44.2 Å². The molecule has 142 valence electrons. The van der Waals surface area contributed by atoms with Crippen LogP contribution in [-0.4, -0.2) is 23.4 Å². The largest absolute Gasteiger partial charge is 0.240 e. The highest BCUT2D eigenvalue weighted by Crippen LogP contribution is 2.18. The van der Waals surface area contributed by atoms with Gasteiger partial charge in [0.1, 0.15) is 0 Å². The van der Waals surface area contributed by atoms with Crippen molar-refractivity contribution in [3.05, 3.63) is 60.2 Å². The van der Waals surface area contributed by atoms with E-state index in [1.807, 2.05) is 30.3 Å². The second-order valence-electron chi connectivity index (χ2n) is 6.56. The molecule has 0 aromatic heterocycles. The van der Waals surface area contributed by atoms with Crippen molar-refractivity contribution in [1.82, 2.24) is 4.72 Å². The summed E-state index contributed by atoms with van der Waals surface area (Å²) in [5.74, 6) is 0.429. The van der Waals surface area contributed by atoms with Crippen LogP contribution in [0.1, 0.15) is 19.4 Å². The third kappa shape index (κ3) is 5.63. The third-order valence-corrected chi connectivity index (χ3v) is 6.65. The molecule has 0 aliphatic heterocycles. The third-order valence-electron chi connectivity index (χ3n) is 4.28. The van der Waals surface area contributed by atoms with Crippen LogP contribution in [0.4, 0.5) is 0 Å². The van der Waals surface area contributed by atoms with E-state index < -0.39 is 20.0 Å². The van der Waals surface area contributed by atoms with Crippen molar-refractivity contribution < 1.29 is 16.8 Å². The molecule has 1 atom stereocenters. The molecule has 0 amide bonds. The van der Waals surface area contributed by atoms with Gasteiger partial charge in [0.25, 0.3) is 0 Å². The van der Waals surface area contributed by atoms with Crippen molar-refractivity contribution in [2.24, 2.45) is 17.0 Å². The minimum atomic E-state index is -3.85. The van der Waals surface area contributed by atoms with Crippen LogP contribution in [0.5, 0.6) is 0 Å². The molecule has 8 heteroatoms. The Morgan fingerprint density at radius 2 is 1.42 bits per heavy atom. The Hall–Kier alpha value is -1.74. The highest BCUT2D eigenvalue weighted by molar-refractivity contribution is 7.89. The van der Waals surface area contributed by atoms with Crippen LogP contribution in [0.2, 0.25) is 0 Å². The molecule has 6 nitrogen and oxygen atoms in total. The van der Waals surface area contributed by atoms with E-state index in [0.29, 0.717) is 12.5 Å². The van der Waals surface area contributed by atoms with Crippen molar-refractivity contribution in [2.45, 2.75) is 30.1 Å². The van der Waals surface area contributed by atoms with Crippen LogP contribution in [0.15, 0.2) is 64.4 Å². The van der Waals surface area contributed by atoms with Gasteiger partial charge in [0.2, 0.25) is 20.0 Å². The fourth-order valence-corrected chi connectivity index (χ4v) is 4.18. The molecular weight excluding hydrogens is 372 g/mol. The van der Waals surface area contributed by atoms with E-state index in [0.717, 1.165) is 12.0 Å². The number of nitrogens with one attached hydrogen (secondary N) is 1. The number of rotatable bonds is 8. The van der Waals surface area contributed by atoms with Gasteiger partial charge in [-0.25, -0.2) is 26.7 Å². The van der Waals surface area contributed by atoms with Crippen LogP contribution >= 0.6 is 0 Å². The molecule has 0 fully saturated rings. The maximum atomic E-state index is 12.5. The van der Waals surface area contributed by atoms with Gasteiger partial charge in [-0.3, -0.25) is 0 Å². The van der Waals surface area contributed by atoms with Gasteiger partial charge < -0.3 is 0 Å². The molecule has 3 N–H and O–H groups in total. The Morgan fingerprint density at radius 1 is 0.885 bits per heavy atom. The lowest BCUT2D eigenvalue weighted by molar-refractivity contribution is 0.379. The summed E-state index contributed by atoms with van der Waals surface area (Å²) in [6.07, 6.45) is 0.769. The summed E-state index contributed by atoms with van der Waals surface area (Å²) in [6.45, 7) is 4.41. The van der Waals surface area contributed by atoms with Crippen LogP contribution < -0.4 is 9.86 Å². The van der Waals surface area contributed by atoms with E-state index in [4.69, 9.17) is 5.14 Å². The smallest absolute Gasteiger partial charge is 0.225 e. The molecule has 0 heterocycles. The highest BCUT2D eigenvalue weighted by Gasteiger charge is 2.20. The maximum absolute atomic E-state index is 12.5. The first-order valence-corrected chi connectivity index (χ1v) is 11.3. The summed E-state index contributed by atoms with van der Waals surface area (Å²) in [5.41, 5.74) is 1.16. The Morgan fingerprint density at radius 3 is 1.92 bits per heavy atom. The topological polar surface area (TPSA) is 106 Å². The van der Waals surface area contributed by atoms with Gasteiger partial charge in [0, 0.05) is 6.54 Å². The van der Waals surface area contributed by atoms with Crippen molar-refractivity contribution in [1.29, 1.82) is 0 Å². The van der Waals surface area contributed by atoms with E-state index in [-0.39, 0.29) is 15.7 Å². The van der Waals surface area contributed by atoms with Crippen molar-refractivity contribution in [3.63, 3.8) is 0 Å². The molecule has 0 aliphatic rings. The van der Waals surface area contributed by atoms with E-state index >= 15 is 0 Å². The van der Waals surface area contributed by atoms with Crippen molar-refractivity contribution in [2.75, 3.05) is 6.54 Å². The zero-order valence-electron chi connectivity index (χ0n) is 14.8. The molecule has 26 heavy (non-hydrogen) atoms. The fraction of sp³-hybridized carbons (Fsp3) is 0.333. The number of nitrogens with two attached hydrogens (primary N) is 1. The summed E-state index contributed by atoms with van der Waals surface area (Å²) in [7, 11) is -7.58. The Kier molecular flexibility index (Phi) is 6.57. The number of hydrogen-bond donors (Lipinski definition) is 2. The SMILES string of the molecule is CC(C)[C@@H](CNS(=O)(=O)c1ccc(S(N)(=O)=O)cc1)Cc1ccccc1. The normalized spacial score (nSPS) is 13.7. The average Bonchev–Trinajstić information content (AvgIpc) is 2.58. The molecule has 0 spiro atoms. The fourth-order valence-electron chi connectivity index (χ4n) is 2.57. The maximum Gasteiger partial charge on any atom is 0.240 e. The van der Waals surface area contributed by atoms with Gasteiger partial charge in [0.15, 0.2) is 0 Å². The first-order chi connectivity index (χ1) is 12.1. The Balaban J connectivity index is 2.09. The number of primary sulfonamides is 1. The zero-order chi connectivity index (χ0) is 19.4. The van der Waals surface area contributed by atoms with Crippen LogP contribution in [0.25, 0.3) is 0 Å². The van der Waals surface area contributed by atoms with Crippen LogP contribution in [0.3, 0.4) is 0 Å². The Bertz CT molecular complexity index is 923. The summed E-state index contributed by atoms with van der Waals surface area (Å²) >= 11 is 0. The van der Waals surface area contributed by atoms with Crippen LogP contribution in [-0.2, 0) is 26.5 Å². The second kappa shape index (κ2) is 8.30. The van der Waals surface area contributed by atoms with Gasteiger partial charge in [-0.05, 0) is 48.1 Å². The molecule has 0 saturated carbocycles. The number of sulfonamides is 2. The van der Waals surface area contributed by atoms with E-state index in [9.17, 15) is 16.8 Å². The van der Waals surface area contributed by atoms with Gasteiger partial charge in [0.05, 0.1) is 9.79 Å². The molecule has 0 radical (unpaired) electrons. The minimum Gasteiger partial charge on any atom is -0.225 e. The Labute approximate surface area is 155 Å². The zero-order valence-corrected chi connectivity index (χ0v) is 16.4. The predicted molar refractivity (Wildman–Crippen MR) is 101 cm³/mol. The van der Waals surface area contributed by atoms with E-state index in [1.54, 1.807) is 0 Å². The summed E-state index contributed by atoms with van der Waals surface area (Å²) in [5, 5.41) is 5.03. The first kappa shape index (κ1) is 20.6. The quantitative estimate of drug-likeness (QED) is 0.713. The van der Waals surface area contributed by atoms with E-state index in [2.05, 4.69) is 18.6 Å². The van der Waals surface area contributed by atoms with Gasteiger partial charge in [-0.15, -0.1) is 0 Å². The molecular formula is C18H24N2O4S2. The van der Waals surface area contributed by atoms with Gasteiger partial charge >= 0.3 is 0 Å². The molecule has 2 aromatic rings. The highest BCUT2D eigenvalue weighted by atomic mass is 32.2. The van der Waals surface area contributed by atoms with Crippen LogP contribution in [0, 0.1) is 11.8 Å². The molecule has 0 bridgehead atoms. The molecule has 0 aliphatic carbocycles. The average molecular weight is 397 g/mol. The lowest BCUT2D eigenvalue weighted by Gasteiger charge is -2.21. The predicted octanol–water partition coefficient (Wildman–Crippen LogP) is 2.13. The van der Waals surface area contributed by atoms with Crippen molar-refractivity contribution in [3.8, 4) is 0 Å². The second-order valence-corrected chi connectivity index (χ2v) is 9.89. The van der Waals surface area contributed by atoms with Crippen molar-refractivity contribution >= 4 is 20.0 Å². The lowest BCUT2D eigenvalue weighted by atomic mass is 9.89. The minimum absolute atomic E-state index is 0.00659. The standard InChI is InChI=1S/C18H24N2O4S2/c1-14(2)16(12-15-6-4-3-5-7-15)13-20-26(23,24)18-10-8-17(9-11-18)25(19,21)22/h3-11,14,16,20H,12-13H2,1-2H3,(H2,19,21,22)/t16-/m1/s1. The molecule has 2 rings (SSSR count). The summed E-state index contributed by atoms with van der Waals surface area (Å²) in [6, 6.07) is 14.8. The van der Waals surface area contributed by atoms with Gasteiger partial charge in [-0.2, -0.15) is 0 Å². The first-order valence-electron chi connectivity index (χ1n) is 8.26. The summed E-state index contributed by atoms with van der Waals surface area (Å²) < 4.78 is 50.1. The number of hydrogen-bond acceptors (Lipinski definition) is 4. The number of benzene rings is 2. The molecule has 0 saturated heterocycles. The monoisotopic (exact) mass is 396 g/mol. The molecule has 2 aromatic carbocycles.